The molecule has 0 aromatic rings. The first kappa shape index (κ1) is 16.6. The van der Waals surface area contributed by atoms with Gasteiger partial charge in [0.25, 0.3) is 0 Å². The van der Waals surface area contributed by atoms with Crippen molar-refractivity contribution in [3.05, 3.63) is 0 Å². The van der Waals surface area contributed by atoms with Gasteiger partial charge in [0.1, 0.15) is 5.60 Å². The molecule has 1 saturated carbocycles. The molecule has 6 heteroatoms. The summed E-state index contributed by atoms with van der Waals surface area (Å²) in [7, 11) is -0.166. The van der Waals surface area contributed by atoms with Crippen LogP contribution in [0.15, 0.2) is 0 Å². The van der Waals surface area contributed by atoms with E-state index in [0.29, 0.717) is 18.3 Å². The third kappa shape index (κ3) is 3.92. The molecule has 5 nitrogen and oxygen atoms in total. The lowest BCUT2D eigenvalue weighted by atomic mass is 9.80. The van der Waals surface area contributed by atoms with E-state index in [-0.39, 0.29) is 24.4 Å². The highest BCUT2D eigenvalue weighted by Crippen LogP contribution is 2.52. The Balaban J connectivity index is 1.75. The van der Waals surface area contributed by atoms with Crippen LogP contribution in [0.1, 0.15) is 54.9 Å². The van der Waals surface area contributed by atoms with Crippen LogP contribution in [0.25, 0.3) is 0 Å². The highest BCUT2D eigenvalue weighted by atomic mass is 16.7. The zero-order valence-electron chi connectivity index (χ0n) is 14.3. The quantitative estimate of drug-likeness (QED) is 0.814. The Morgan fingerprint density at radius 2 is 1.76 bits per heavy atom. The maximum atomic E-state index is 11.6. The zero-order chi connectivity index (χ0) is 16.1. The summed E-state index contributed by atoms with van der Waals surface area (Å²) in [5.41, 5.74) is -1.04. The first-order chi connectivity index (χ1) is 9.41. The molecule has 0 bridgehead atoms. The van der Waals surface area contributed by atoms with E-state index in [9.17, 15) is 4.79 Å². The molecule has 1 aliphatic heterocycles. The number of alkyl carbamates (subject to hydrolysis) is 1. The molecule has 2 atom stereocenters. The fourth-order valence-electron chi connectivity index (χ4n) is 2.43. The second kappa shape index (κ2) is 5.16. The summed E-state index contributed by atoms with van der Waals surface area (Å²) in [6, 6.07) is 0. The summed E-state index contributed by atoms with van der Waals surface area (Å²) in [5.74, 6) is 0.771. The topological polar surface area (TPSA) is 56.8 Å². The predicted octanol–water partition coefficient (Wildman–Crippen LogP) is 2.99. The lowest BCUT2D eigenvalue weighted by molar-refractivity contribution is 0.00578. The van der Waals surface area contributed by atoms with E-state index in [4.69, 9.17) is 14.0 Å². The van der Waals surface area contributed by atoms with Crippen molar-refractivity contribution in [2.75, 3.05) is 6.54 Å². The Morgan fingerprint density at radius 3 is 2.24 bits per heavy atom. The van der Waals surface area contributed by atoms with Crippen LogP contribution in [0.5, 0.6) is 0 Å². The van der Waals surface area contributed by atoms with Crippen molar-refractivity contribution in [2.24, 2.45) is 5.92 Å². The SMILES string of the molecule is CC(C)(C)OC(=O)NC[C@@H]1C[C@@H]1B1OC(C)(C)C(C)(C)O1. The van der Waals surface area contributed by atoms with Gasteiger partial charge in [-0.15, -0.1) is 0 Å². The molecule has 1 saturated heterocycles. The number of carbonyl (C=O) groups is 1. The first-order valence-corrected chi connectivity index (χ1v) is 7.74. The summed E-state index contributed by atoms with van der Waals surface area (Å²) < 4.78 is 17.3. The summed E-state index contributed by atoms with van der Waals surface area (Å²) >= 11 is 0. The fourth-order valence-corrected chi connectivity index (χ4v) is 2.43. The van der Waals surface area contributed by atoms with Crippen molar-refractivity contribution >= 4 is 13.2 Å². The Hall–Kier alpha value is -0.745. The van der Waals surface area contributed by atoms with E-state index in [1.807, 2.05) is 20.8 Å². The second-order valence-electron chi connectivity index (χ2n) is 8.17. The van der Waals surface area contributed by atoms with E-state index < -0.39 is 5.60 Å². The van der Waals surface area contributed by atoms with Gasteiger partial charge >= 0.3 is 13.2 Å². The van der Waals surface area contributed by atoms with Crippen LogP contribution >= 0.6 is 0 Å². The molecule has 2 aliphatic rings. The highest BCUT2D eigenvalue weighted by Gasteiger charge is 2.59. The van der Waals surface area contributed by atoms with E-state index in [0.717, 1.165) is 6.42 Å². The van der Waals surface area contributed by atoms with Gasteiger partial charge in [0, 0.05) is 6.54 Å². The number of amides is 1. The van der Waals surface area contributed by atoms with Gasteiger partial charge in [0.15, 0.2) is 0 Å². The molecule has 0 radical (unpaired) electrons. The molecule has 21 heavy (non-hydrogen) atoms. The Kier molecular flexibility index (Phi) is 4.09. The number of carbonyl (C=O) groups excluding carboxylic acids is 1. The van der Waals surface area contributed by atoms with Crippen molar-refractivity contribution in [1.82, 2.24) is 5.32 Å². The van der Waals surface area contributed by atoms with Crippen LogP contribution in [0.4, 0.5) is 4.79 Å². The maximum Gasteiger partial charge on any atom is 0.461 e. The van der Waals surface area contributed by atoms with Gasteiger partial charge in [-0.25, -0.2) is 4.79 Å². The van der Waals surface area contributed by atoms with Gasteiger partial charge in [0.2, 0.25) is 0 Å². The molecule has 1 N–H and O–H groups in total. The van der Waals surface area contributed by atoms with Crippen molar-refractivity contribution in [2.45, 2.75) is 77.5 Å². The van der Waals surface area contributed by atoms with Crippen LogP contribution in [0.3, 0.4) is 0 Å². The molecule has 1 aliphatic carbocycles. The lowest BCUT2D eigenvalue weighted by Crippen LogP contribution is -2.41. The first-order valence-electron chi connectivity index (χ1n) is 7.74. The molecule has 1 heterocycles. The maximum absolute atomic E-state index is 11.6. The fraction of sp³-hybridized carbons (Fsp3) is 0.933. The third-order valence-electron chi connectivity index (χ3n) is 4.51. The Bertz CT molecular complexity index is 400. The monoisotopic (exact) mass is 297 g/mol. The van der Waals surface area contributed by atoms with E-state index in [1.165, 1.54) is 0 Å². The number of ether oxygens (including phenoxy) is 1. The zero-order valence-corrected chi connectivity index (χ0v) is 14.3. The molecule has 2 fully saturated rings. The minimum absolute atomic E-state index is 0.166. The van der Waals surface area contributed by atoms with Crippen molar-refractivity contribution in [1.29, 1.82) is 0 Å². The average molecular weight is 297 g/mol. The lowest BCUT2D eigenvalue weighted by Gasteiger charge is -2.32. The molecule has 0 aromatic carbocycles. The predicted molar refractivity (Wildman–Crippen MR) is 82.2 cm³/mol. The van der Waals surface area contributed by atoms with Gasteiger partial charge in [-0.3, -0.25) is 0 Å². The minimum atomic E-state index is -0.460. The molecule has 120 valence electrons. The molecule has 0 unspecified atom stereocenters. The summed E-state index contributed by atoms with van der Waals surface area (Å²) in [4.78, 5) is 11.6. The third-order valence-corrected chi connectivity index (χ3v) is 4.51. The smallest absolute Gasteiger partial charge is 0.444 e. The Labute approximate surface area is 128 Å². The van der Waals surface area contributed by atoms with Gasteiger partial charge in [0.05, 0.1) is 11.2 Å². The van der Waals surface area contributed by atoms with Crippen molar-refractivity contribution in [3.63, 3.8) is 0 Å². The van der Waals surface area contributed by atoms with Gasteiger partial charge in [-0.2, -0.15) is 0 Å². The number of hydrogen-bond donors (Lipinski definition) is 1. The van der Waals surface area contributed by atoms with Crippen molar-refractivity contribution < 1.29 is 18.8 Å². The standard InChI is InChI=1S/C15H28BNO4/c1-13(2,3)19-12(18)17-9-10-8-11(10)16-20-14(4,5)15(6,7)21-16/h10-11H,8-9H2,1-7H3,(H,17,18)/t10-,11-/m0/s1. The number of nitrogens with one attached hydrogen (secondary N) is 1. The van der Waals surface area contributed by atoms with Crippen LogP contribution in [-0.4, -0.2) is 36.6 Å². The number of rotatable bonds is 3. The summed E-state index contributed by atoms with van der Waals surface area (Å²) in [6.07, 6.45) is 0.661. The van der Waals surface area contributed by atoms with Crippen molar-refractivity contribution in [3.8, 4) is 0 Å². The molecule has 2 rings (SSSR count). The average Bonchev–Trinajstić information content (AvgIpc) is 2.97. The van der Waals surface area contributed by atoms with Crippen LogP contribution in [-0.2, 0) is 14.0 Å². The normalized spacial score (nSPS) is 30.1. The van der Waals surface area contributed by atoms with Crippen LogP contribution in [0.2, 0.25) is 5.82 Å². The molecule has 1 amide bonds. The minimum Gasteiger partial charge on any atom is -0.444 e. The summed E-state index contributed by atoms with van der Waals surface area (Å²) in [6.45, 7) is 14.4. The van der Waals surface area contributed by atoms with Gasteiger partial charge in [-0.05, 0) is 66.6 Å². The van der Waals surface area contributed by atoms with Crippen LogP contribution in [0, 0.1) is 5.92 Å². The van der Waals surface area contributed by atoms with Crippen LogP contribution < -0.4 is 5.32 Å². The molecule has 0 aromatic heterocycles. The second-order valence-corrected chi connectivity index (χ2v) is 8.17. The Morgan fingerprint density at radius 1 is 1.24 bits per heavy atom. The van der Waals surface area contributed by atoms with E-state index in [1.54, 1.807) is 0 Å². The van der Waals surface area contributed by atoms with E-state index in [2.05, 4.69) is 33.0 Å². The van der Waals surface area contributed by atoms with Gasteiger partial charge < -0.3 is 19.4 Å². The molecular formula is C15H28BNO4. The summed E-state index contributed by atoms with van der Waals surface area (Å²) in [5, 5.41) is 2.82. The van der Waals surface area contributed by atoms with E-state index >= 15 is 0 Å². The molecule has 0 spiro atoms. The number of hydrogen-bond acceptors (Lipinski definition) is 4. The molecular weight excluding hydrogens is 269 g/mol. The van der Waals surface area contributed by atoms with Gasteiger partial charge in [-0.1, -0.05) is 0 Å². The largest absolute Gasteiger partial charge is 0.461 e. The highest BCUT2D eigenvalue weighted by molar-refractivity contribution is 6.48.